The van der Waals surface area contributed by atoms with Gasteiger partial charge in [0, 0.05) is 11.6 Å². The summed E-state index contributed by atoms with van der Waals surface area (Å²) in [5.74, 6) is 0.655. The van der Waals surface area contributed by atoms with Crippen LogP contribution < -0.4 is 10.1 Å². The minimum Gasteiger partial charge on any atom is -0.492 e. The molecule has 1 aliphatic rings. The third-order valence-electron chi connectivity index (χ3n) is 4.58. The molecule has 0 fully saturated rings. The Balaban J connectivity index is 1.62. The Kier molecular flexibility index (Phi) is 5.61. The molecule has 0 spiro atoms. The summed E-state index contributed by atoms with van der Waals surface area (Å²) in [5.41, 5.74) is 2.18. The van der Waals surface area contributed by atoms with Gasteiger partial charge in [-0.25, -0.2) is 0 Å². The maximum absolute atomic E-state index is 12.6. The van der Waals surface area contributed by atoms with Crippen LogP contribution in [0.1, 0.15) is 17.2 Å². The standard InChI is InChI=1S/C20H23ClN2O2/c1-23(2)18(14-6-4-3-5-7-14)12-22-20(24)16-10-15-11-17(21)8-9-19(15)25-13-16/h3-9,11,16,18H,10,12-13H2,1-2H3,(H,22,24). The number of carbonyl (C=O) groups excluding carboxylic acids is 1. The Morgan fingerprint density at radius 2 is 2.04 bits per heavy atom. The highest BCUT2D eigenvalue weighted by molar-refractivity contribution is 6.30. The first kappa shape index (κ1) is 17.8. The number of amides is 1. The van der Waals surface area contributed by atoms with Gasteiger partial charge in [0.05, 0.1) is 12.0 Å². The smallest absolute Gasteiger partial charge is 0.226 e. The van der Waals surface area contributed by atoms with Crippen molar-refractivity contribution in [2.45, 2.75) is 12.5 Å². The lowest BCUT2D eigenvalue weighted by Gasteiger charge is -2.28. The summed E-state index contributed by atoms with van der Waals surface area (Å²) in [6.07, 6.45) is 0.652. The fraction of sp³-hybridized carbons (Fsp3) is 0.350. The summed E-state index contributed by atoms with van der Waals surface area (Å²) >= 11 is 6.05. The van der Waals surface area contributed by atoms with Crippen molar-refractivity contribution >= 4 is 17.5 Å². The Bertz CT molecular complexity index is 734. The average molecular weight is 359 g/mol. The van der Waals surface area contributed by atoms with Crippen LogP contribution in [0.3, 0.4) is 0 Å². The van der Waals surface area contributed by atoms with Crippen LogP contribution in [0.5, 0.6) is 5.75 Å². The number of likely N-dealkylation sites (N-methyl/N-ethyl adjacent to an activating group) is 1. The lowest BCUT2D eigenvalue weighted by atomic mass is 9.96. The monoisotopic (exact) mass is 358 g/mol. The van der Waals surface area contributed by atoms with Gasteiger partial charge in [-0.05, 0) is 49.8 Å². The van der Waals surface area contributed by atoms with E-state index in [1.165, 1.54) is 5.56 Å². The molecule has 2 aromatic rings. The summed E-state index contributed by atoms with van der Waals surface area (Å²) in [5, 5.41) is 3.75. The first-order valence-corrected chi connectivity index (χ1v) is 8.82. The van der Waals surface area contributed by atoms with Crippen molar-refractivity contribution in [1.29, 1.82) is 0 Å². The van der Waals surface area contributed by atoms with E-state index in [-0.39, 0.29) is 17.9 Å². The largest absolute Gasteiger partial charge is 0.492 e. The zero-order valence-corrected chi connectivity index (χ0v) is 15.3. The number of nitrogens with one attached hydrogen (secondary N) is 1. The minimum absolute atomic E-state index is 0.0217. The molecule has 2 atom stereocenters. The van der Waals surface area contributed by atoms with Gasteiger partial charge >= 0.3 is 0 Å². The van der Waals surface area contributed by atoms with Crippen LogP contribution in [0.4, 0.5) is 0 Å². The Hall–Kier alpha value is -2.04. The van der Waals surface area contributed by atoms with E-state index in [2.05, 4.69) is 22.3 Å². The second-order valence-electron chi connectivity index (χ2n) is 6.60. The zero-order chi connectivity index (χ0) is 17.8. The van der Waals surface area contributed by atoms with Crippen LogP contribution in [0.15, 0.2) is 48.5 Å². The van der Waals surface area contributed by atoms with E-state index in [0.717, 1.165) is 11.3 Å². The molecular formula is C20H23ClN2O2. The van der Waals surface area contributed by atoms with Gasteiger partial charge in [0.1, 0.15) is 12.4 Å². The van der Waals surface area contributed by atoms with Crippen molar-refractivity contribution in [3.05, 3.63) is 64.7 Å². The summed E-state index contributed by atoms with van der Waals surface area (Å²) in [4.78, 5) is 14.7. The Labute approximate surface area is 153 Å². The average Bonchev–Trinajstić information content (AvgIpc) is 2.61. The lowest BCUT2D eigenvalue weighted by Crippen LogP contribution is -2.41. The first-order valence-electron chi connectivity index (χ1n) is 8.45. The topological polar surface area (TPSA) is 41.6 Å². The molecule has 4 nitrogen and oxygen atoms in total. The fourth-order valence-corrected chi connectivity index (χ4v) is 3.34. The van der Waals surface area contributed by atoms with E-state index >= 15 is 0 Å². The van der Waals surface area contributed by atoms with E-state index in [1.54, 1.807) is 0 Å². The normalized spacial score (nSPS) is 17.5. The van der Waals surface area contributed by atoms with Crippen LogP contribution in [-0.4, -0.2) is 38.1 Å². The molecule has 132 valence electrons. The SMILES string of the molecule is CN(C)C(CNC(=O)C1COc2ccc(Cl)cc2C1)c1ccccc1. The first-order chi connectivity index (χ1) is 12.0. The molecule has 1 amide bonds. The highest BCUT2D eigenvalue weighted by Crippen LogP contribution is 2.30. The maximum Gasteiger partial charge on any atom is 0.226 e. The molecule has 3 rings (SSSR count). The molecule has 0 bridgehead atoms. The van der Waals surface area contributed by atoms with Gasteiger partial charge < -0.3 is 15.0 Å². The number of hydrogen-bond donors (Lipinski definition) is 1. The van der Waals surface area contributed by atoms with Crippen LogP contribution >= 0.6 is 11.6 Å². The fourth-order valence-electron chi connectivity index (χ4n) is 3.15. The molecule has 1 aliphatic heterocycles. The van der Waals surface area contributed by atoms with Crippen LogP contribution in [0, 0.1) is 5.92 Å². The van der Waals surface area contributed by atoms with E-state index in [9.17, 15) is 4.79 Å². The van der Waals surface area contributed by atoms with Crippen molar-refractivity contribution in [3.63, 3.8) is 0 Å². The quantitative estimate of drug-likeness (QED) is 0.891. The lowest BCUT2D eigenvalue weighted by molar-refractivity contribution is -0.126. The number of rotatable bonds is 5. The van der Waals surface area contributed by atoms with Gasteiger partial charge in [0.15, 0.2) is 0 Å². The van der Waals surface area contributed by atoms with Crippen molar-refractivity contribution in [2.24, 2.45) is 5.92 Å². The van der Waals surface area contributed by atoms with E-state index < -0.39 is 0 Å². The molecule has 2 unspecified atom stereocenters. The predicted molar refractivity (Wildman–Crippen MR) is 100 cm³/mol. The third-order valence-corrected chi connectivity index (χ3v) is 4.81. The van der Waals surface area contributed by atoms with Gasteiger partial charge in [0.2, 0.25) is 5.91 Å². The number of nitrogens with zero attached hydrogens (tertiary/aromatic N) is 1. The van der Waals surface area contributed by atoms with Crippen molar-refractivity contribution in [1.82, 2.24) is 10.2 Å². The Morgan fingerprint density at radius 1 is 1.28 bits per heavy atom. The maximum atomic E-state index is 12.6. The third kappa shape index (κ3) is 4.33. The molecule has 1 heterocycles. The minimum atomic E-state index is -0.190. The van der Waals surface area contributed by atoms with Crippen molar-refractivity contribution in [2.75, 3.05) is 27.2 Å². The molecule has 5 heteroatoms. The summed E-state index contributed by atoms with van der Waals surface area (Å²) in [6.45, 7) is 0.965. The van der Waals surface area contributed by atoms with Crippen LogP contribution in [0.25, 0.3) is 0 Å². The van der Waals surface area contributed by atoms with Crippen molar-refractivity contribution < 1.29 is 9.53 Å². The second-order valence-corrected chi connectivity index (χ2v) is 7.04. The number of hydrogen-bond acceptors (Lipinski definition) is 3. The highest BCUT2D eigenvalue weighted by atomic mass is 35.5. The molecular weight excluding hydrogens is 336 g/mol. The molecule has 2 aromatic carbocycles. The molecule has 25 heavy (non-hydrogen) atoms. The van der Waals surface area contributed by atoms with Gasteiger partial charge in [-0.3, -0.25) is 4.79 Å². The number of fused-ring (bicyclic) bond motifs is 1. The van der Waals surface area contributed by atoms with Gasteiger partial charge in [-0.2, -0.15) is 0 Å². The molecule has 0 radical (unpaired) electrons. The van der Waals surface area contributed by atoms with E-state index in [4.69, 9.17) is 16.3 Å². The van der Waals surface area contributed by atoms with Crippen LogP contribution in [0.2, 0.25) is 5.02 Å². The summed E-state index contributed by atoms with van der Waals surface area (Å²) in [7, 11) is 4.04. The number of halogens is 1. The highest BCUT2D eigenvalue weighted by Gasteiger charge is 2.27. The molecule has 1 N–H and O–H groups in total. The molecule has 0 saturated carbocycles. The molecule has 0 aromatic heterocycles. The molecule has 0 saturated heterocycles. The van der Waals surface area contributed by atoms with Gasteiger partial charge in [-0.1, -0.05) is 41.9 Å². The van der Waals surface area contributed by atoms with E-state index in [1.807, 2.05) is 50.5 Å². The second kappa shape index (κ2) is 7.89. The van der Waals surface area contributed by atoms with Crippen molar-refractivity contribution in [3.8, 4) is 5.75 Å². The van der Waals surface area contributed by atoms with Gasteiger partial charge in [-0.15, -0.1) is 0 Å². The number of ether oxygens (including phenoxy) is 1. The van der Waals surface area contributed by atoms with Gasteiger partial charge in [0.25, 0.3) is 0 Å². The molecule has 0 aliphatic carbocycles. The van der Waals surface area contributed by atoms with Crippen LogP contribution in [-0.2, 0) is 11.2 Å². The number of carbonyl (C=O) groups is 1. The number of benzene rings is 2. The Morgan fingerprint density at radius 3 is 2.76 bits per heavy atom. The predicted octanol–water partition coefficient (Wildman–Crippen LogP) is 3.31. The summed E-state index contributed by atoms with van der Waals surface area (Å²) < 4.78 is 5.72. The summed E-state index contributed by atoms with van der Waals surface area (Å²) in [6, 6.07) is 15.9. The zero-order valence-electron chi connectivity index (χ0n) is 14.5. The van der Waals surface area contributed by atoms with E-state index in [0.29, 0.717) is 24.6 Å².